The van der Waals surface area contributed by atoms with Gasteiger partial charge in [0, 0.05) is 45.9 Å². The molecule has 1 aromatic heterocycles. The van der Waals surface area contributed by atoms with Gasteiger partial charge in [-0.15, -0.1) is 0 Å². The van der Waals surface area contributed by atoms with Gasteiger partial charge in [0.25, 0.3) is 5.91 Å². The second-order valence-corrected chi connectivity index (χ2v) is 11.8. The summed E-state index contributed by atoms with van der Waals surface area (Å²) in [6.45, 7) is 4.91. The molecule has 42 heavy (non-hydrogen) atoms. The van der Waals surface area contributed by atoms with Gasteiger partial charge in [0.1, 0.15) is 17.5 Å². The zero-order chi connectivity index (χ0) is 29.2. The molecule has 2 amide bonds. The van der Waals surface area contributed by atoms with Crippen molar-refractivity contribution < 1.29 is 27.7 Å². The molecule has 2 N–H and O–H groups in total. The first kappa shape index (κ1) is 26.5. The summed E-state index contributed by atoms with van der Waals surface area (Å²) in [6, 6.07) is 8.35. The summed E-state index contributed by atoms with van der Waals surface area (Å²) in [5.74, 6) is -3.62. The van der Waals surface area contributed by atoms with Crippen molar-refractivity contribution in [2.45, 2.75) is 57.4 Å². The Morgan fingerprint density at radius 3 is 2.45 bits per heavy atom. The fraction of sp³-hybridized carbons (Fsp3) is 0.387. The first-order chi connectivity index (χ1) is 20.2. The molecular weight excluding hydrogens is 544 g/mol. The molecule has 4 aliphatic rings. The van der Waals surface area contributed by atoms with Gasteiger partial charge in [-0.1, -0.05) is 17.3 Å². The van der Waals surface area contributed by atoms with Crippen molar-refractivity contribution in [1.82, 2.24) is 15.6 Å². The Hall–Kier alpha value is -4.41. The molecule has 3 heterocycles. The SMILES string of the molecule is CC1=NCC(C)=C1c1ccc(NC(=O)[C@@H](NC(=O)c2nonc2C2CC2)C2c3cc(F)c(F)cc3OCC23CC3)cc1. The molecule has 0 radical (unpaired) electrons. The molecule has 2 aliphatic heterocycles. The van der Waals surface area contributed by atoms with E-state index in [4.69, 9.17) is 9.37 Å². The maximum absolute atomic E-state index is 14.6. The number of hydrogen-bond acceptors (Lipinski definition) is 7. The van der Waals surface area contributed by atoms with Crippen molar-refractivity contribution in [2.24, 2.45) is 10.4 Å². The Morgan fingerprint density at radius 1 is 1.05 bits per heavy atom. The van der Waals surface area contributed by atoms with Crippen molar-refractivity contribution in [3.05, 3.63) is 76.1 Å². The van der Waals surface area contributed by atoms with E-state index in [2.05, 4.69) is 25.9 Å². The van der Waals surface area contributed by atoms with E-state index in [-0.39, 0.29) is 24.0 Å². The van der Waals surface area contributed by atoms with Crippen LogP contribution < -0.4 is 15.4 Å². The lowest BCUT2D eigenvalue weighted by molar-refractivity contribution is -0.119. The largest absolute Gasteiger partial charge is 0.493 e. The molecule has 2 fully saturated rings. The van der Waals surface area contributed by atoms with E-state index in [0.717, 1.165) is 41.8 Å². The summed E-state index contributed by atoms with van der Waals surface area (Å²) >= 11 is 0. The lowest BCUT2D eigenvalue weighted by Crippen LogP contribution is -2.52. The van der Waals surface area contributed by atoms with Crippen molar-refractivity contribution in [3.63, 3.8) is 0 Å². The van der Waals surface area contributed by atoms with Crippen LogP contribution in [0.4, 0.5) is 14.5 Å². The van der Waals surface area contributed by atoms with Crippen molar-refractivity contribution >= 4 is 28.8 Å². The molecule has 9 nitrogen and oxygen atoms in total. The van der Waals surface area contributed by atoms with E-state index in [1.165, 1.54) is 5.57 Å². The van der Waals surface area contributed by atoms with Gasteiger partial charge in [-0.05, 0) is 74.0 Å². The van der Waals surface area contributed by atoms with Crippen LogP contribution in [-0.2, 0) is 4.79 Å². The number of aromatic nitrogens is 2. The molecule has 2 saturated carbocycles. The zero-order valence-electron chi connectivity index (χ0n) is 23.2. The van der Waals surface area contributed by atoms with Crippen LogP contribution in [0.1, 0.15) is 78.7 Å². The van der Waals surface area contributed by atoms with Gasteiger partial charge in [-0.3, -0.25) is 14.6 Å². The standard InChI is InChI=1S/C31H29F2N5O4/c1-15-13-34-16(2)24(15)17-5-7-19(8-6-17)35-29(39)27(36-30(40)28-26(18-3-4-18)37-42-38-28)25-20-11-21(32)22(33)12-23(20)41-14-31(25)9-10-31/h5-8,11-12,18,25,27H,3-4,9-10,13-14H2,1-2H3,(H,35,39)(H,36,40)/t25?,27-/m0/s1. The molecule has 1 unspecified atom stereocenters. The van der Waals surface area contributed by atoms with Crippen molar-refractivity contribution in [1.29, 1.82) is 0 Å². The molecule has 1 spiro atoms. The minimum Gasteiger partial charge on any atom is -0.493 e. The second kappa shape index (κ2) is 9.85. The molecule has 0 bridgehead atoms. The Balaban J connectivity index is 1.23. The number of hydrogen-bond donors (Lipinski definition) is 2. The van der Waals surface area contributed by atoms with Gasteiger partial charge in [0.05, 0.1) is 13.2 Å². The first-order valence-electron chi connectivity index (χ1n) is 14.1. The normalized spacial score (nSPS) is 21.0. The molecule has 7 rings (SSSR count). The van der Waals surface area contributed by atoms with Crippen LogP contribution in [0.5, 0.6) is 5.75 Å². The van der Waals surface area contributed by atoms with E-state index in [1.807, 2.05) is 26.0 Å². The molecule has 3 aromatic rings. The summed E-state index contributed by atoms with van der Waals surface area (Å²) in [5.41, 5.74) is 5.07. The summed E-state index contributed by atoms with van der Waals surface area (Å²) in [7, 11) is 0. The average molecular weight is 574 g/mol. The fourth-order valence-corrected chi connectivity index (χ4v) is 6.29. The highest BCUT2D eigenvalue weighted by molar-refractivity contribution is 6.25. The summed E-state index contributed by atoms with van der Waals surface area (Å²) in [6.07, 6.45) is 3.16. The quantitative estimate of drug-likeness (QED) is 0.403. The van der Waals surface area contributed by atoms with Crippen LogP contribution >= 0.6 is 0 Å². The number of halogens is 2. The van der Waals surface area contributed by atoms with Gasteiger partial charge in [-0.25, -0.2) is 13.4 Å². The molecule has 216 valence electrons. The van der Waals surface area contributed by atoms with E-state index < -0.39 is 40.8 Å². The van der Waals surface area contributed by atoms with Crippen LogP contribution in [-0.4, -0.2) is 47.0 Å². The lowest BCUT2D eigenvalue weighted by atomic mass is 9.75. The summed E-state index contributed by atoms with van der Waals surface area (Å²) in [4.78, 5) is 32.1. The van der Waals surface area contributed by atoms with E-state index in [9.17, 15) is 18.4 Å². The predicted molar refractivity (Wildman–Crippen MR) is 149 cm³/mol. The monoisotopic (exact) mass is 573 g/mol. The van der Waals surface area contributed by atoms with Crippen LogP contribution in [0.25, 0.3) is 5.57 Å². The van der Waals surface area contributed by atoms with Gasteiger partial charge in [0.2, 0.25) is 5.91 Å². The van der Waals surface area contributed by atoms with Crippen LogP contribution in [0.3, 0.4) is 0 Å². The predicted octanol–water partition coefficient (Wildman–Crippen LogP) is 5.17. The number of nitrogens with one attached hydrogen (secondary N) is 2. The Bertz CT molecular complexity index is 1670. The summed E-state index contributed by atoms with van der Waals surface area (Å²) < 4.78 is 39.4. The minimum atomic E-state index is -1.15. The molecule has 0 saturated heterocycles. The number of aliphatic imine (C=N–C) groups is 1. The number of rotatable bonds is 7. The van der Waals surface area contributed by atoms with Gasteiger partial charge in [0.15, 0.2) is 17.3 Å². The average Bonchev–Trinajstić information content (AvgIpc) is 3.89. The molecule has 2 aromatic carbocycles. The third-order valence-electron chi connectivity index (χ3n) is 8.83. The summed E-state index contributed by atoms with van der Waals surface area (Å²) in [5, 5.41) is 13.5. The third-order valence-corrected chi connectivity index (χ3v) is 8.83. The fourth-order valence-electron chi connectivity index (χ4n) is 6.29. The van der Waals surface area contributed by atoms with Crippen LogP contribution in [0, 0.1) is 17.0 Å². The molecular formula is C31H29F2N5O4. The number of amides is 2. The van der Waals surface area contributed by atoms with Crippen LogP contribution in [0.2, 0.25) is 0 Å². The highest BCUT2D eigenvalue weighted by Gasteiger charge is 2.58. The zero-order valence-corrected chi connectivity index (χ0v) is 23.2. The molecule has 2 aliphatic carbocycles. The number of nitrogens with zero attached hydrogens (tertiary/aromatic N) is 3. The van der Waals surface area contributed by atoms with Crippen LogP contribution in [0.15, 0.2) is 51.6 Å². The molecule has 2 atom stereocenters. The number of benzene rings is 2. The second-order valence-electron chi connectivity index (χ2n) is 11.8. The molecule has 11 heteroatoms. The number of fused-ring (bicyclic) bond motifs is 1. The highest BCUT2D eigenvalue weighted by Crippen LogP contribution is 2.61. The van der Waals surface area contributed by atoms with E-state index in [0.29, 0.717) is 36.3 Å². The highest BCUT2D eigenvalue weighted by atomic mass is 19.2. The minimum absolute atomic E-state index is 0.0271. The third kappa shape index (κ3) is 4.56. The van der Waals surface area contributed by atoms with Crippen molar-refractivity contribution in [3.8, 4) is 5.75 Å². The maximum atomic E-state index is 14.6. The number of allylic oxidation sites excluding steroid dienone is 1. The topological polar surface area (TPSA) is 119 Å². The Morgan fingerprint density at radius 2 is 1.79 bits per heavy atom. The Labute approximate surface area is 240 Å². The first-order valence-corrected chi connectivity index (χ1v) is 14.1. The van der Waals surface area contributed by atoms with Crippen molar-refractivity contribution in [2.75, 3.05) is 18.5 Å². The van der Waals surface area contributed by atoms with Gasteiger partial charge < -0.3 is 15.4 Å². The number of carbonyl (C=O) groups is 2. The number of carbonyl (C=O) groups excluding carboxylic acids is 2. The van der Waals surface area contributed by atoms with Gasteiger partial charge in [-0.2, -0.15) is 0 Å². The smallest absolute Gasteiger partial charge is 0.276 e. The van der Waals surface area contributed by atoms with E-state index in [1.54, 1.807) is 12.1 Å². The maximum Gasteiger partial charge on any atom is 0.276 e. The Kier molecular flexibility index (Phi) is 6.21. The number of anilines is 1. The van der Waals surface area contributed by atoms with E-state index >= 15 is 0 Å². The lowest BCUT2D eigenvalue weighted by Gasteiger charge is -2.38. The number of ether oxygens (including phenoxy) is 1. The van der Waals surface area contributed by atoms with Gasteiger partial charge >= 0.3 is 0 Å².